The molecule has 108 valence electrons. The van der Waals surface area contributed by atoms with Crippen LogP contribution in [0.4, 0.5) is 0 Å². The van der Waals surface area contributed by atoms with E-state index >= 15 is 0 Å². The fourth-order valence-electron chi connectivity index (χ4n) is 3.55. The Morgan fingerprint density at radius 3 is 2.90 bits per heavy atom. The molecule has 1 heterocycles. The molecule has 1 aromatic carbocycles. The second-order valence-electron chi connectivity index (χ2n) is 6.29. The maximum Gasteiger partial charge on any atom is 0.134 e. The Hall–Kier alpha value is -1.28. The molecule has 1 saturated carbocycles. The van der Waals surface area contributed by atoms with Crippen LogP contribution >= 0.6 is 0 Å². The third-order valence-corrected chi connectivity index (χ3v) is 4.77. The highest BCUT2D eigenvalue weighted by molar-refractivity contribution is 5.78. The van der Waals surface area contributed by atoms with Gasteiger partial charge < -0.3 is 9.73 Å². The Morgan fingerprint density at radius 2 is 2.10 bits per heavy atom. The third kappa shape index (κ3) is 2.49. The van der Waals surface area contributed by atoms with Crippen LogP contribution in [-0.4, -0.2) is 12.6 Å². The molecular formula is C18H25NO. The Morgan fingerprint density at radius 1 is 1.25 bits per heavy atom. The van der Waals surface area contributed by atoms with E-state index in [2.05, 4.69) is 50.4 Å². The van der Waals surface area contributed by atoms with Crippen molar-refractivity contribution < 1.29 is 4.42 Å². The monoisotopic (exact) mass is 271 g/mol. The third-order valence-electron chi connectivity index (χ3n) is 4.77. The van der Waals surface area contributed by atoms with Gasteiger partial charge in [0.05, 0.1) is 0 Å². The molecule has 2 heteroatoms. The molecule has 0 bridgehead atoms. The molecule has 2 aromatic rings. The van der Waals surface area contributed by atoms with Gasteiger partial charge in [-0.1, -0.05) is 25.5 Å². The summed E-state index contributed by atoms with van der Waals surface area (Å²) in [6.45, 7) is 7.85. The summed E-state index contributed by atoms with van der Waals surface area (Å²) in [5.41, 5.74) is 2.33. The average molecular weight is 271 g/mol. The van der Waals surface area contributed by atoms with Crippen molar-refractivity contribution in [1.29, 1.82) is 0 Å². The molecule has 2 nitrogen and oxygen atoms in total. The number of rotatable bonds is 4. The van der Waals surface area contributed by atoms with Crippen LogP contribution in [0, 0.1) is 12.8 Å². The summed E-state index contributed by atoms with van der Waals surface area (Å²) in [5.74, 6) is 2.40. The zero-order chi connectivity index (χ0) is 14.1. The van der Waals surface area contributed by atoms with Crippen LogP contribution in [0.25, 0.3) is 11.0 Å². The largest absolute Gasteiger partial charge is 0.461 e. The smallest absolute Gasteiger partial charge is 0.134 e. The van der Waals surface area contributed by atoms with Crippen molar-refractivity contribution >= 4 is 11.0 Å². The van der Waals surface area contributed by atoms with Crippen molar-refractivity contribution in [3.8, 4) is 0 Å². The van der Waals surface area contributed by atoms with Crippen molar-refractivity contribution in [2.75, 3.05) is 6.54 Å². The summed E-state index contributed by atoms with van der Waals surface area (Å²) in [4.78, 5) is 0. The lowest BCUT2D eigenvalue weighted by atomic mass is 9.93. The lowest BCUT2D eigenvalue weighted by Crippen LogP contribution is -2.32. The van der Waals surface area contributed by atoms with Gasteiger partial charge in [0.25, 0.3) is 0 Å². The Balaban J connectivity index is 1.81. The van der Waals surface area contributed by atoms with Gasteiger partial charge in [-0.2, -0.15) is 0 Å². The Bertz CT molecular complexity index is 586. The molecule has 3 atom stereocenters. The van der Waals surface area contributed by atoms with Gasteiger partial charge in [-0.15, -0.1) is 0 Å². The fraction of sp³-hybridized carbons (Fsp3) is 0.556. The van der Waals surface area contributed by atoms with E-state index in [1.54, 1.807) is 0 Å². The maximum absolute atomic E-state index is 6.10. The van der Waals surface area contributed by atoms with E-state index < -0.39 is 0 Å². The van der Waals surface area contributed by atoms with Gasteiger partial charge in [0.2, 0.25) is 0 Å². The number of aryl methyl sites for hydroxylation is 1. The van der Waals surface area contributed by atoms with Gasteiger partial charge in [-0.3, -0.25) is 0 Å². The predicted molar refractivity (Wildman–Crippen MR) is 84.2 cm³/mol. The van der Waals surface area contributed by atoms with Crippen molar-refractivity contribution in [3.05, 3.63) is 35.6 Å². The topological polar surface area (TPSA) is 25.2 Å². The molecule has 1 fully saturated rings. The van der Waals surface area contributed by atoms with E-state index in [9.17, 15) is 0 Å². The second-order valence-corrected chi connectivity index (χ2v) is 6.29. The van der Waals surface area contributed by atoms with Crippen LogP contribution in [0.2, 0.25) is 0 Å². The minimum absolute atomic E-state index is 0.567. The highest BCUT2D eigenvalue weighted by atomic mass is 16.3. The minimum Gasteiger partial charge on any atom is -0.461 e. The predicted octanol–water partition coefficient (Wildman–Crippen LogP) is 4.62. The molecule has 0 spiro atoms. The van der Waals surface area contributed by atoms with Crippen LogP contribution in [-0.2, 0) is 0 Å². The molecule has 1 aliphatic carbocycles. The van der Waals surface area contributed by atoms with Crippen molar-refractivity contribution in [2.24, 2.45) is 5.92 Å². The summed E-state index contributed by atoms with van der Waals surface area (Å²) < 4.78 is 6.10. The van der Waals surface area contributed by atoms with E-state index in [-0.39, 0.29) is 0 Å². The molecular weight excluding hydrogens is 246 g/mol. The first kappa shape index (κ1) is 13.7. The lowest BCUT2D eigenvalue weighted by molar-refractivity contribution is 0.374. The van der Waals surface area contributed by atoms with Crippen LogP contribution in [0.15, 0.2) is 28.7 Å². The molecule has 0 amide bonds. The standard InChI is InChI=1S/C18H25NO/c1-4-9-19-16-7-6-15(13(16)3)18-11-14-10-12(2)5-8-17(14)20-18/h5,8,10-11,13,15-16,19H,4,6-7,9H2,1-3H3. The zero-order valence-corrected chi connectivity index (χ0v) is 12.8. The number of fused-ring (bicyclic) bond motifs is 1. The number of hydrogen-bond acceptors (Lipinski definition) is 2. The van der Waals surface area contributed by atoms with Crippen molar-refractivity contribution in [2.45, 2.75) is 52.0 Å². The van der Waals surface area contributed by atoms with Gasteiger partial charge in [-0.25, -0.2) is 0 Å². The van der Waals surface area contributed by atoms with Gasteiger partial charge in [0.15, 0.2) is 0 Å². The van der Waals surface area contributed by atoms with Gasteiger partial charge in [0, 0.05) is 17.3 Å². The highest BCUT2D eigenvalue weighted by Crippen LogP contribution is 2.41. The first-order chi connectivity index (χ1) is 9.69. The maximum atomic E-state index is 6.10. The van der Waals surface area contributed by atoms with E-state index in [4.69, 9.17) is 4.42 Å². The SMILES string of the molecule is CCCNC1CCC(c2cc3cc(C)ccc3o2)C1C. The average Bonchev–Trinajstić information content (AvgIpc) is 2.99. The molecule has 0 saturated heterocycles. The zero-order valence-electron chi connectivity index (χ0n) is 12.8. The number of hydrogen-bond donors (Lipinski definition) is 1. The summed E-state index contributed by atoms with van der Waals surface area (Å²) >= 11 is 0. The van der Waals surface area contributed by atoms with E-state index in [1.807, 2.05) is 0 Å². The van der Waals surface area contributed by atoms with E-state index in [0.717, 1.165) is 12.1 Å². The normalized spacial score (nSPS) is 26.4. The van der Waals surface area contributed by atoms with Crippen molar-refractivity contribution in [3.63, 3.8) is 0 Å². The highest BCUT2D eigenvalue weighted by Gasteiger charge is 2.35. The van der Waals surface area contributed by atoms with Crippen molar-refractivity contribution in [1.82, 2.24) is 5.32 Å². The van der Waals surface area contributed by atoms with Gasteiger partial charge in [0.1, 0.15) is 11.3 Å². The molecule has 0 aliphatic heterocycles. The second kappa shape index (κ2) is 5.61. The van der Waals surface area contributed by atoms with E-state index in [0.29, 0.717) is 17.9 Å². The molecule has 1 aliphatic rings. The molecule has 0 radical (unpaired) electrons. The molecule has 3 rings (SSSR count). The Kier molecular flexibility index (Phi) is 3.84. The number of furan rings is 1. The van der Waals surface area contributed by atoms with Crippen LogP contribution in [0.1, 0.15) is 50.4 Å². The van der Waals surface area contributed by atoms with Gasteiger partial charge in [-0.05, 0) is 56.8 Å². The Labute approximate surface area is 121 Å². The summed E-state index contributed by atoms with van der Waals surface area (Å²) in [7, 11) is 0. The molecule has 3 unspecified atom stereocenters. The van der Waals surface area contributed by atoms with E-state index in [1.165, 1.54) is 36.0 Å². The molecule has 20 heavy (non-hydrogen) atoms. The number of nitrogens with one attached hydrogen (secondary N) is 1. The van der Waals surface area contributed by atoms with Crippen LogP contribution in [0.3, 0.4) is 0 Å². The quantitative estimate of drug-likeness (QED) is 0.877. The first-order valence-electron chi connectivity index (χ1n) is 7.92. The van der Waals surface area contributed by atoms with Crippen LogP contribution in [0.5, 0.6) is 0 Å². The summed E-state index contributed by atoms with van der Waals surface area (Å²) in [6.07, 6.45) is 3.71. The van der Waals surface area contributed by atoms with Crippen LogP contribution < -0.4 is 5.32 Å². The first-order valence-corrected chi connectivity index (χ1v) is 7.92. The molecule has 1 aromatic heterocycles. The van der Waals surface area contributed by atoms with Gasteiger partial charge >= 0.3 is 0 Å². The summed E-state index contributed by atoms with van der Waals surface area (Å²) in [5, 5.41) is 4.93. The number of benzene rings is 1. The fourth-order valence-corrected chi connectivity index (χ4v) is 3.55. The molecule has 1 N–H and O–H groups in total. The lowest BCUT2D eigenvalue weighted by Gasteiger charge is -2.20. The summed E-state index contributed by atoms with van der Waals surface area (Å²) in [6, 6.07) is 9.34. The minimum atomic E-state index is 0.567.